The summed E-state index contributed by atoms with van der Waals surface area (Å²) in [6, 6.07) is 0. The largest absolute Gasteiger partial charge is 0.353 e. The molecule has 2 aliphatic rings. The predicted octanol–water partition coefficient (Wildman–Crippen LogP) is 3.52. The number of hydrogen-bond donors (Lipinski definition) is 0. The van der Waals surface area contributed by atoms with E-state index in [4.69, 9.17) is 9.47 Å². The monoisotopic (exact) mass is 224 g/mol. The lowest BCUT2D eigenvalue weighted by molar-refractivity contribution is -0.143. The van der Waals surface area contributed by atoms with Gasteiger partial charge in [-0.2, -0.15) is 0 Å². The SMILES string of the molecule is C=CC1CCC(C2CCC(OCC)O2)CC1. The van der Waals surface area contributed by atoms with E-state index in [1.54, 1.807) is 0 Å². The van der Waals surface area contributed by atoms with Crippen LogP contribution in [0.3, 0.4) is 0 Å². The Morgan fingerprint density at radius 3 is 2.56 bits per heavy atom. The van der Waals surface area contributed by atoms with Crippen LogP contribution in [0.5, 0.6) is 0 Å². The van der Waals surface area contributed by atoms with Gasteiger partial charge in [0.05, 0.1) is 6.10 Å². The first-order valence-corrected chi connectivity index (χ1v) is 6.73. The lowest BCUT2D eigenvalue weighted by Gasteiger charge is -2.30. The maximum atomic E-state index is 5.96. The zero-order chi connectivity index (χ0) is 11.4. The fourth-order valence-corrected chi connectivity index (χ4v) is 3.04. The maximum Gasteiger partial charge on any atom is 0.158 e. The van der Waals surface area contributed by atoms with Gasteiger partial charge < -0.3 is 9.47 Å². The minimum atomic E-state index is 0.0760. The van der Waals surface area contributed by atoms with Crippen LogP contribution >= 0.6 is 0 Å². The molecule has 2 heteroatoms. The van der Waals surface area contributed by atoms with Crippen LogP contribution in [0.1, 0.15) is 45.4 Å². The van der Waals surface area contributed by atoms with Gasteiger partial charge in [0.2, 0.25) is 0 Å². The third kappa shape index (κ3) is 2.86. The zero-order valence-corrected chi connectivity index (χ0v) is 10.4. The third-order valence-corrected chi connectivity index (χ3v) is 4.04. The Labute approximate surface area is 99.0 Å². The molecule has 92 valence electrons. The van der Waals surface area contributed by atoms with Gasteiger partial charge in [-0.3, -0.25) is 0 Å². The molecule has 0 N–H and O–H groups in total. The van der Waals surface area contributed by atoms with Crippen LogP contribution in [-0.4, -0.2) is 19.0 Å². The molecule has 0 spiro atoms. The second-order valence-corrected chi connectivity index (χ2v) is 5.05. The van der Waals surface area contributed by atoms with E-state index >= 15 is 0 Å². The normalized spacial score (nSPS) is 39.8. The quantitative estimate of drug-likeness (QED) is 0.680. The first-order valence-electron chi connectivity index (χ1n) is 6.73. The van der Waals surface area contributed by atoms with Gasteiger partial charge in [0.1, 0.15) is 0 Å². The van der Waals surface area contributed by atoms with Gasteiger partial charge in [-0.1, -0.05) is 6.08 Å². The van der Waals surface area contributed by atoms with Crippen molar-refractivity contribution in [3.05, 3.63) is 12.7 Å². The molecule has 16 heavy (non-hydrogen) atoms. The summed E-state index contributed by atoms with van der Waals surface area (Å²) in [5.74, 6) is 1.52. The van der Waals surface area contributed by atoms with Gasteiger partial charge in [-0.25, -0.2) is 0 Å². The molecule has 0 radical (unpaired) electrons. The second kappa shape index (κ2) is 5.83. The molecule has 0 aromatic carbocycles. The highest BCUT2D eigenvalue weighted by molar-refractivity contribution is 4.87. The molecule has 1 aliphatic carbocycles. The summed E-state index contributed by atoms with van der Waals surface area (Å²) >= 11 is 0. The predicted molar refractivity (Wildman–Crippen MR) is 65.2 cm³/mol. The van der Waals surface area contributed by atoms with Gasteiger partial charge >= 0.3 is 0 Å². The molecular formula is C14H24O2. The molecule has 2 nitrogen and oxygen atoms in total. The molecule has 0 aromatic heterocycles. The van der Waals surface area contributed by atoms with E-state index in [1.807, 2.05) is 6.92 Å². The van der Waals surface area contributed by atoms with E-state index < -0.39 is 0 Å². The van der Waals surface area contributed by atoms with Crippen LogP contribution in [0.25, 0.3) is 0 Å². The Balaban J connectivity index is 1.75. The van der Waals surface area contributed by atoms with Crippen LogP contribution < -0.4 is 0 Å². The molecule has 2 atom stereocenters. The summed E-state index contributed by atoms with van der Waals surface area (Å²) in [6.07, 6.45) is 10.1. The van der Waals surface area contributed by atoms with E-state index in [0.717, 1.165) is 24.9 Å². The van der Waals surface area contributed by atoms with Gasteiger partial charge in [0, 0.05) is 13.0 Å². The molecule has 0 aromatic rings. The van der Waals surface area contributed by atoms with E-state index in [9.17, 15) is 0 Å². The summed E-state index contributed by atoms with van der Waals surface area (Å²) in [6.45, 7) is 6.69. The molecule has 0 amide bonds. The van der Waals surface area contributed by atoms with Crippen molar-refractivity contribution in [1.82, 2.24) is 0 Å². The summed E-state index contributed by atoms with van der Waals surface area (Å²) in [7, 11) is 0. The highest BCUT2D eigenvalue weighted by Gasteiger charge is 2.33. The van der Waals surface area contributed by atoms with Crippen molar-refractivity contribution < 1.29 is 9.47 Å². The Kier molecular flexibility index (Phi) is 4.42. The van der Waals surface area contributed by atoms with Crippen LogP contribution in [0, 0.1) is 11.8 Å². The average Bonchev–Trinajstić information content (AvgIpc) is 2.78. The van der Waals surface area contributed by atoms with Crippen molar-refractivity contribution in [1.29, 1.82) is 0 Å². The second-order valence-electron chi connectivity index (χ2n) is 5.05. The Bertz CT molecular complexity index is 219. The summed E-state index contributed by atoms with van der Waals surface area (Å²) in [4.78, 5) is 0. The first-order chi connectivity index (χ1) is 7.83. The standard InChI is InChI=1S/C14H24O2/c1-3-11-5-7-12(8-6-11)13-9-10-14(16-13)15-4-2/h3,11-14H,1,4-10H2,2H3. The minimum Gasteiger partial charge on any atom is -0.353 e. The molecule has 1 saturated carbocycles. The molecule has 1 heterocycles. The Morgan fingerprint density at radius 1 is 1.19 bits per heavy atom. The molecule has 2 rings (SSSR count). The fourth-order valence-electron chi connectivity index (χ4n) is 3.04. The summed E-state index contributed by atoms with van der Waals surface area (Å²) in [5.41, 5.74) is 0. The lowest BCUT2D eigenvalue weighted by Crippen LogP contribution is -2.26. The van der Waals surface area contributed by atoms with Gasteiger partial charge in [0.25, 0.3) is 0 Å². The van der Waals surface area contributed by atoms with Crippen molar-refractivity contribution in [2.45, 2.75) is 57.8 Å². The Morgan fingerprint density at radius 2 is 1.94 bits per heavy atom. The number of rotatable bonds is 4. The summed E-state index contributed by atoms with van der Waals surface area (Å²) in [5, 5.41) is 0. The highest BCUT2D eigenvalue weighted by Crippen LogP contribution is 2.37. The van der Waals surface area contributed by atoms with Gasteiger partial charge in [-0.15, -0.1) is 6.58 Å². The summed E-state index contributed by atoms with van der Waals surface area (Å²) < 4.78 is 11.5. The fraction of sp³-hybridized carbons (Fsp3) is 0.857. The number of allylic oxidation sites excluding steroid dienone is 1. The maximum absolute atomic E-state index is 5.96. The van der Waals surface area contributed by atoms with E-state index in [2.05, 4.69) is 12.7 Å². The minimum absolute atomic E-state index is 0.0760. The highest BCUT2D eigenvalue weighted by atomic mass is 16.7. The van der Waals surface area contributed by atoms with Crippen LogP contribution in [0.15, 0.2) is 12.7 Å². The lowest BCUT2D eigenvalue weighted by atomic mass is 9.79. The number of ether oxygens (including phenoxy) is 2. The van der Waals surface area contributed by atoms with Crippen LogP contribution in [0.4, 0.5) is 0 Å². The molecular weight excluding hydrogens is 200 g/mol. The molecule has 1 saturated heterocycles. The molecule has 0 bridgehead atoms. The third-order valence-electron chi connectivity index (χ3n) is 4.04. The van der Waals surface area contributed by atoms with Crippen molar-refractivity contribution in [3.8, 4) is 0 Å². The topological polar surface area (TPSA) is 18.5 Å². The Hall–Kier alpha value is -0.340. The van der Waals surface area contributed by atoms with Crippen molar-refractivity contribution in [3.63, 3.8) is 0 Å². The van der Waals surface area contributed by atoms with Gasteiger partial charge in [-0.05, 0) is 50.9 Å². The van der Waals surface area contributed by atoms with E-state index in [0.29, 0.717) is 6.10 Å². The van der Waals surface area contributed by atoms with Crippen LogP contribution in [-0.2, 0) is 9.47 Å². The zero-order valence-electron chi connectivity index (χ0n) is 10.4. The van der Waals surface area contributed by atoms with E-state index in [1.165, 1.54) is 32.1 Å². The first kappa shape index (κ1) is 12.1. The van der Waals surface area contributed by atoms with Gasteiger partial charge in [0.15, 0.2) is 6.29 Å². The molecule has 2 fully saturated rings. The molecule has 2 unspecified atom stereocenters. The smallest absolute Gasteiger partial charge is 0.158 e. The van der Waals surface area contributed by atoms with Crippen molar-refractivity contribution in [2.75, 3.05) is 6.61 Å². The van der Waals surface area contributed by atoms with Crippen molar-refractivity contribution >= 4 is 0 Å². The average molecular weight is 224 g/mol. The van der Waals surface area contributed by atoms with Crippen LogP contribution in [0.2, 0.25) is 0 Å². The molecule has 1 aliphatic heterocycles. The van der Waals surface area contributed by atoms with E-state index in [-0.39, 0.29) is 6.29 Å². The number of hydrogen-bond acceptors (Lipinski definition) is 2. The van der Waals surface area contributed by atoms with Crippen molar-refractivity contribution in [2.24, 2.45) is 11.8 Å².